The van der Waals surface area contributed by atoms with Crippen LogP contribution in [0.15, 0.2) is 42.8 Å². The van der Waals surface area contributed by atoms with Crippen LogP contribution in [0.1, 0.15) is 0 Å². The lowest BCUT2D eigenvalue weighted by molar-refractivity contribution is 0.734. The molecule has 0 saturated heterocycles. The number of guanidine groups is 2. The summed E-state index contributed by atoms with van der Waals surface area (Å²) in [4.78, 5) is 17.7. The third kappa shape index (κ3) is 1.23. The molecule has 3 heterocycles. The molecule has 0 N–H and O–H groups in total. The first-order valence-corrected chi connectivity index (χ1v) is 4.84. The molecular formula is C8H4FN5S. The van der Waals surface area contributed by atoms with Crippen molar-refractivity contribution in [2.24, 2.45) is 20.0 Å². The fourth-order valence-corrected chi connectivity index (χ4v) is 1.68. The summed E-state index contributed by atoms with van der Waals surface area (Å²) in [6.07, 6.45) is 6.35. The van der Waals surface area contributed by atoms with Crippen molar-refractivity contribution in [1.82, 2.24) is 4.90 Å². The minimum absolute atomic E-state index is 0.0938. The summed E-state index contributed by atoms with van der Waals surface area (Å²) in [5, 5.41) is 0.279. The molecule has 0 aromatic rings. The summed E-state index contributed by atoms with van der Waals surface area (Å²) < 4.78 is 12.4. The highest BCUT2D eigenvalue weighted by Gasteiger charge is 2.28. The van der Waals surface area contributed by atoms with E-state index in [0.717, 1.165) is 5.70 Å². The fraction of sp³-hybridized carbons (Fsp3) is 0. The van der Waals surface area contributed by atoms with E-state index in [4.69, 9.17) is 0 Å². The Morgan fingerprint density at radius 1 is 1.27 bits per heavy atom. The molecule has 0 aromatic carbocycles. The molecule has 0 atom stereocenters. The van der Waals surface area contributed by atoms with Crippen molar-refractivity contribution in [2.75, 3.05) is 0 Å². The standard InChI is InChI=1S/C8H4FN5S/c9-15-6-3-5-1-2-10-7-11-4-12-8(13-6)14(5)7/h1-4H. The molecule has 74 valence electrons. The summed E-state index contributed by atoms with van der Waals surface area (Å²) in [5.74, 6) is 0.895. The minimum Gasteiger partial charge on any atom is -0.246 e. The van der Waals surface area contributed by atoms with Crippen molar-refractivity contribution >= 4 is 36.6 Å². The van der Waals surface area contributed by atoms with Crippen LogP contribution in [0.2, 0.25) is 0 Å². The topological polar surface area (TPSA) is 52.7 Å². The van der Waals surface area contributed by atoms with E-state index in [1.165, 1.54) is 6.34 Å². The molecule has 7 heteroatoms. The van der Waals surface area contributed by atoms with Crippen molar-refractivity contribution in [1.29, 1.82) is 0 Å². The summed E-state index contributed by atoms with van der Waals surface area (Å²) >= 11 is 0.0938. The number of halogens is 1. The normalized spacial score (nSPS) is 21.5. The zero-order valence-corrected chi connectivity index (χ0v) is 8.15. The quantitative estimate of drug-likeness (QED) is 0.673. The molecule has 0 amide bonds. The lowest BCUT2D eigenvalue weighted by Gasteiger charge is -2.29. The maximum atomic E-state index is 12.4. The molecule has 15 heavy (non-hydrogen) atoms. The van der Waals surface area contributed by atoms with Gasteiger partial charge in [-0.3, -0.25) is 0 Å². The van der Waals surface area contributed by atoms with Crippen LogP contribution in [-0.2, 0) is 0 Å². The van der Waals surface area contributed by atoms with Gasteiger partial charge in [0.05, 0.1) is 5.70 Å². The largest absolute Gasteiger partial charge is 0.246 e. The molecule has 0 spiro atoms. The van der Waals surface area contributed by atoms with Gasteiger partial charge in [0.25, 0.3) is 0 Å². The van der Waals surface area contributed by atoms with Crippen LogP contribution < -0.4 is 0 Å². The Hall–Kier alpha value is -1.76. The second-order valence-electron chi connectivity index (χ2n) is 2.85. The van der Waals surface area contributed by atoms with Crippen LogP contribution in [0.3, 0.4) is 0 Å². The average molecular weight is 221 g/mol. The molecular weight excluding hydrogens is 217 g/mol. The molecule has 0 aromatic heterocycles. The molecule has 0 bridgehead atoms. The molecule has 0 aliphatic carbocycles. The zero-order chi connectivity index (χ0) is 10.3. The van der Waals surface area contributed by atoms with E-state index in [1.807, 2.05) is 0 Å². The first kappa shape index (κ1) is 8.54. The summed E-state index contributed by atoms with van der Waals surface area (Å²) in [6.45, 7) is 0. The zero-order valence-electron chi connectivity index (χ0n) is 7.33. The number of nitrogens with zero attached hydrogens (tertiary/aromatic N) is 5. The fourth-order valence-electron chi connectivity index (χ4n) is 1.40. The lowest BCUT2D eigenvalue weighted by atomic mass is 10.3. The summed E-state index contributed by atoms with van der Waals surface area (Å²) in [7, 11) is 0. The van der Waals surface area contributed by atoms with E-state index in [-0.39, 0.29) is 17.2 Å². The van der Waals surface area contributed by atoms with Gasteiger partial charge in [-0.1, -0.05) is 0 Å². The van der Waals surface area contributed by atoms with Crippen molar-refractivity contribution in [2.45, 2.75) is 0 Å². The second-order valence-corrected chi connectivity index (χ2v) is 3.42. The van der Waals surface area contributed by atoms with Crippen molar-refractivity contribution in [3.63, 3.8) is 0 Å². The highest BCUT2D eigenvalue weighted by atomic mass is 32.2. The highest BCUT2D eigenvalue weighted by molar-refractivity contribution is 7.98. The summed E-state index contributed by atoms with van der Waals surface area (Å²) in [6, 6.07) is 0. The van der Waals surface area contributed by atoms with Gasteiger partial charge in [0, 0.05) is 6.21 Å². The van der Waals surface area contributed by atoms with Gasteiger partial charge < -0.3 is 0 Å². The van der Waals surface area contributed by atoms with Crippen LogP contribution in [0.5, 0.6) is 0 Å². The second kappa shape index (κ2) is 3.13. The molecule has 3 aliphatic rings. The Kier molecular flexibility index (Phi) is 1.78. The number of rotatable bonds is 1. The van der Waals surface area contributed by atoms with Crippen LogP contribution in [0.4, 0.5) is 3.89 Å². The van der Waals surface area contributed by atoms with E-state index in [9.17, 15) is 3.89 Å². The number of hydrogen-bond acceptors (Lipinski definition) is 6. The van der Waals surface area contributed by atoms with E-state index in [0.29, 0.717) is 11.9 Å². The van der Waals surface area contributed by atoms with Gasteiger partial charge in [-0.25, -0.2) is 24.9 Å². The first-order chi connectivity index (χ1) is 7.38. The molecule has 0 fully saturated rings. The van der Waals surface area contributed by atoms with Crippen LogP contribution >= 0.6 is 12.1 Å². The van der Waals surface area contributed by atoms with E-state index in [1.54, 1.807) is 23.3 Å². The van der Waals surface area contributed by atoms with Crippen LogP contribution in [-0.4, -0.2) is 29.4 Å². The van der Waals surface area contributed by atoms with E-state index < -0.39 is 0 Å². The maximum absolute atomic E-state index is 12.4. The molecule has 0 unspecified atom stereocenters. The number of aliphatic imine (C=N–C) groups is 4. The molecule has 0 radical (unpaired) electrons. The Balaban J connectivity index is 2.16. The van der Waals surface area contributed by atoms with Gasteiger partial charge in [-0.2, -0.15) is 3.89 Å². The van der Waals surface area contributed by atoms with Crippen LogP contribution in [0, 0.1) is 0 Å². The Morgan fingerprint density at radius 2 is 2.20 bits per heavy atom. The van der Waals surface area contributed by atoms with Crippen molar-refractivity contribution < 1.29 is 3.89 Å². The molecule has 3 aliphatic heterocycles. The number of allylic oxidation sites excluding steroid dienone is 2. The van der Waals surface area contributed by atoms with Gasteiger partial charge in [0.15, 0.2) is 0 Å². The minimum atomic E-state index is 0.0938. The van der Waals surface area contributed by atoms with Gasteiger partial charge in [-0.15, -0.1) is 0 Å². The van der Waals surface area contributed by atoms with Gasteiger partial charge in [0.1, 0.15) is 23.5 Å². The lowest BCUT2D eigenvalue weighted by Crippen LogP contribution is -2.39. The highest BCUT2D eigenvalue weighted by Crippen LogP contribution is 2.28. The van der Waals surface area contributed by atoms with E-state index >= 15 is 0 Å². The monoisotopic (exact) mass is 221 g/mol. The van der Waals surface area contributed by atoms with Gasteiger partial charge >= 0.3 is 0 Å². The molecule has 5 nitrogen and oxygen atoms in total. The predicted molar refractivity (Wildman–Crippen MR) is 58.6 cm³/mol. The summed E-state index contributed by atoms with van der Waals surface area (Å²) in [5.41, 5.74) is 0.769. The average Bonchev–Trinajstić information content (AvgIpc) is 2.29. The van der Waals surface area contributed by atoms with E-state index in [2.05, 4.69) is 20.0 Å². The number of hydrogen-bond donors (Lipinski definition) is 0. The Labute approximate surface area is 88.8 Å². The van der Waals surface area contributed by atoms with Crippen LogP contribution in [0.25, 0.3) is 0 Å². The Bertz CT molecular complexity index is 497. The molecule has 0 saturated carbocycles. The predicted octanol–water partition coefficient (Wildman–Crippen LogP) is 1.48. The first-order valence-electron chi connectivity index (χ1n) is 4.12. The van der Waals surface area contributed by atoms with Gasteiger partial charge in [-0.05, 0) is 12.2 Å². The third-order valence-corrected chi connectivity index (χ3v) is 2.37. The van der Waals surface area contributed by atoms with Crippen molar-refractivity contribution in [3.8, 4) is 0 Å². The van der Waals surface area contributed by atoms with Gasteiger partial charge in [0.2, 0.25) is 11.9 Å². The third-order valence-electron chi connectivity index (χ3n) is 2.00. The molecule has 3 rings (SSSR count). The maximum Gasteiger partial charge on any atom is 0.239 e. The SMILES string of the molecule is FSC1=CC2=CC=NC3=NC=NC(=N1)N23. The smallest absolute Gasteiger partial charge is 0.239 e. The Morgan fingerprint density at radius 3 is 3.07 bits per heavy atom. The van der Waals surface area contributed by atoms with Crippen molar-refractivity contribution in [3.05, 3.63) is 22.9 Å².